The van der Waals surface area contributed by atoms with Crippen LogP contribution in [-0.2, 0) is 32.0 Å². The zero-order valence-corrected chi connectivity index (χ0v) is 40.9. The Morgan fingerprint density at radius 1 is 0.609 bits per heavy atom. The molecule has 0 aliphatic carbocycles. The first-order valence-electron chi connectivity index (χ1n) is 22.3. The Hall–Kier alpha value is -5.17. The number of amides is 4. The minimum absolute atomic E-state index is 0.00683. The third kappa shape index (κ3) is 10.2. The molecule has 1 fully saturated rings. The predicted molar refractivity (Wildman–Crippen MR) is 252 cm³/mol. The summed E-state index contributed by atoms with van der Waals surface area (Å²) in [5, 5.41) is 0. The molecule has 4 aliphatic rings. The van der Waals surface area contributed by atoms with Gasteiger partial charge in [-0.05, 0) is 48.7 Å². The van der Waals surface area contributed by atoms with Crippen LogP contribution in [0.5, 0.6) is 23.0 Å². The molecule has 0 saturated carbocycles. The second-order valence-electron chi connectivity index (χ2n) is 19.3. The first-order valence-corrected chi connectivity index (χ1v) is 29.7. The Kier molecular flexibility index (Phi) is 14.3. The van der Waals surface area contributed by atoms with E-state index in [1.54, 1.807) is 43.9 Å². The highest BCUT2D eigenvalue weighted by atomic mass is 28.3. The van der Waals surface area contributed by atoms with Crippen molar-refractivity contribution in [2.45, 2.75) is 96.2 Å². The summed E-state index contributed by atoms with van der Waals surface area (Å²) in [7, 11) is 0.235. The molecular weight excluding hydrogens is 849 g/mol. The normalized spacial score (nSPS) is 19.2. The van der Waals surface area contributed by atoms with Crippen LogP contribution < -0.4 is 28.7 Å². The van der Waals surface area contributed by atoms with Gasteiger partial charge in [-0.1, -0.05) is 75.2 Å². The van der Waals surface area contributed by atoms with Crippen molar-refractivity contribution >= 4 is 51.2 Å². The van der Waals surface area contributed by atoms with Crippen LogP contribution in [0.15, 0.2) is 60.2 Å². The van der Waals surface area contributed by atoms with E-state index in [4.69, 9.17) is 28.4 Å². The molecule has 4 aliphatic heterocycles. The fourth-order valence-electron chi connectivity index (χ4n) is 8.45. The molecule has 0 spiro atoms. The van der Waals surface area contributed by atoms with Crippen LogP contribution in [0.25, 0.3) is 0 Å². The molecule has 0 aromatic heterocycles. The Bertz CT molecular complexity index is 2290. The van der Waals surface area contributed by atoms with Crippen LogP contribution in [0.1, 0.15) is 51.6 Å². The number of allylic oxidation sites excluding steroid dienone is 1. The van der Waals surface area contributed by atoms with Crippen LogP contribution in [0.4, 0.5) is 11.4 Å². The lowest BCUT2D eigenvalue weighted by atomic mass is 9.93. The smallest absolute Gasteiger partial charge is 0.257 e. The van der Waals surface area contributed by atoms with Crippen molar-refractivity contribution in [2.75, 3.05) is 70.5 Å². The summed E-state index contributed by atoms with van der Waals surface area (Å²) in [5.41, 5.74) is 4.61. The number of hydrogen-bond donors (Lipinski definition) is 0. The van der Waals surface area contributed by atoms with Crippen molar-refractivity contribution in [3.05, 3.63) is 82.4 Å². The molecule has 344 valence electrons. The highest BCUT2D eigenvalue weighted by molar-refractivity contribution is 6.76. The van der Waals surface area contributed by atoms with E-state index in [0.717, 1.165) is 28.8 Å². The molecule has 0 bridgehead atoms. The predicted octanol–water partition coefficient (Wildman–Crippen LogP) is 7.60. The number of carbonyl (C=O) groups is 4. The molecule has 1 unspecified atom stereocenters. The summed E-state index contributed by atoms with van der Waals surface area (Å²) < 4.78 is 36.4. The molecular formula is C48H64N4O10Si2. The average Bonchev–Trinajstić information content (AvgIpc) is 3.66. The summed E-state index contributed by atoms with van der Waals surface area (Å²) >= 11 is 0. The number of rotatable bonds is 18. The average molecular weight is 913 g/mol. The van der Waals surface area contributed by atoms with Crippen molar-refractivity contribution in [2.24, 2.45) is 0 Å². The zero-order valence-electron chi connectivity index (χ0n) is 38.9. The zero-order chi connectivity index (χ0) is 45.9. The molecule has 2 atom stereocenters. The lowest BCUT2D eigenvalue weighted by molar-refractivity contribution is -0.124. The number of ether oxygens (including phenoxy) is 6. The molecule has 3 aromatic carbocycles. The van der Waals surface area contributed by atoms with Gasteiger partial charge in [-0.15, -0.1) is 0 Å². The van der Waals surface area contributed by atoms with Crippen molar-refractivity contribution in [3.8, 4) is 23.0 Å². The second-order valence-corrected chi connectivity index (χ2v) is 30.6. The van der Waals surface area contributed by atoms with E-state index in [2.05, 4.69) is 39.3 Å². The summed E-state index contributed by atoms with van der Waals surface area (Å²) in [6, 6.07) is 15.2. The minimum Gasteiger partial charge on any atom is -0.493 e. The lowest BCUT2D eigenvalue weighted by Crippen LogP contribution is -2.51. The molecule has 1 saturated heterocycles. The molecule has 0 radical (unpaired) electrons. The SMILES string of the molecule is C/C=C1/C[C@H]2C(=O)N(COCC[Si](C)(C)C)c3cc(OCCCOc4cc5c(cc4OC)C(=O)N4Cc6ccccc6CC4C(=O)N5COCC[Si](C)(C)C)c(OC)cc3C(=O)N2C1. The summed E-state index contributed by atoms with van der Waals surface area (Å²) in [6.07, 6.45) is 3.27. The van der Waals surface area contributed by atoms with Gasteiger partial charge < -0.3 is 38.2 Å². The third-order valence-electron chi connectivity index (χ3n) is 12.3. The quantitative estimate of drug-likeness (QED) is 0.0714. The fourth-order valence-corrected chi connectivity index (χ4v) is 9.96. The second kappa shape index (κ2) is 19.5. The van der Waals surface area contributed by atoms with Crippen molar-refractivity contribution < 1.29 is 47.6 Å². The molecule has 7 rings (SSSR count). The Morgan fingerprint density at radius 2 is 1.08 bits per heavy atom. The van der Waals surface area contributed by atoms with Crippen LogP contribution in [0.3, 0.4) is 0 Å². The van der Waals surface area contributed by atoms with E-state index in [0.29, 0.717) is 91.1 Å². The number of nitrogens with zero attached hydrogens (tertiary/aromatic N) is 4. The largest absolute Gasteiger partial charge is 0.493 e. The lowest BCUT2D eigenvalue weighted by Gasteiger charge is -2.35. The maximum atomic E-state index is 14.5. The molecule has 64 heavy (non-hydrogen) atoms. The number of methoxy groups -OCH3 is 2. The first-order chi connectivity index (χ1) is 30.5. The first kappa shape index (κ1) is 46.8. The van der Waals surface area contributed by atoms with Crippen molar-refractivity contribution in [3.63, 3.8) is 0 Å². The van der Waals surface area contributed by atoms with Gasteiger partial charge in [0.2, 0.25) is 0 Å². The van der Waals surface area contributed by atoms with Crippen LogP contribution >= 0.6 is 0 Å². The Labute approximate surface area is 379 Å². The third-order valence-corrected chi connectivity index (χ3v) is 15.7. The van der Waals surface area contributed by atoms with Gasteiger partial charge in [0.1, 0.15) is 25.5 Å². The van der Waals surface area contributed by atoms with E-state index < -0.39 is 28.2 Å². The maximum Gasteiger partial charge on any atom is 0.257 e. The van der Waals surface area contributed by atoms with E-state index in [-0.39, 0.29) is 50.3 Å². The van der Waals surface area contributed by atoms with E-state index in [1.165, 1.54) is 14.2 Å². The van der Waals surface area contributed by atoms with E-state index in [1.807, 2.05) is 37.3 Å². The fraction of sp³-hybridized carbons (Fsp3) is 0.500. The van der Waals surface area contributed by atoms with Gasteiger partial charge >= 0.3 is 0 Å². The van der Waals surface area contributed by atoms with E-state index >= 15 is 0 Å². The van der Waals surface area contributed by atoms with Crippen LogP contribution in [0, 0.1) is 0 Å². The monoisotopic (exact) mass is 912 g/mol. The van der Waals surface area contributed by atoms with Gasteiger partial charge in [0.25, 0.3) is 23.6 Å². The summed E-state index contributed by atoms with van der Waals surface area (Å²) in [6.45, 7) is 17.7. The highest BCUT2D eigenvalue weighted by Crippen LogP contribution is 2.42. The van der Waals surface area contributed by atoms with Crippen LogP contribution in [0.2, 0.25) is 51.4 Å². The molecule has 0 N–H and O–H groups in total. The van der Waals surface area contributed by atoms with Gasteiger partial charge in [0.15, 0.2) is 23.0 Å². The standard InChI is InChI=1S/C48H64N4O10Si2/c1-10-32-22-39-47(55)51(30-59-18-20-63(4,5)6)37-26-43(41(57-2)24-35(37)45(53)49(39)28-32)61-16-13-17-62-44-27-38-36(25-42(44)58-3)46(54)50-29-34-15-12-11-14-33(34)23-40(50)48(56)52(38)31-60-19-21-64(7,8)9/h10-12,14-15,24-27,39-40H,13,16-23,28-31H2,1-9H3/b32-10-/t39-,40?/m0/s1. The minimum atomic E-state index is -1.41. The van der Waals surface area contributed by atoms with Gasteiger partial charge in [-0.2, -0.15) is 0 Å². The summed E-state index contributed by atoms with van der Waals surface area (Å²) in [4.78, 5) is 63.6. The Morgan fingerprint density at radius 3 is 1.55 bits per heavy atom. The highest BCUT2D eigenvalue weighted by Gasteiger charge is 2.45. The molecule has 4 heterocycles. The number of carbonyl (C=O) groups excluding carboxylic acids is 4. The molecule has 4 amide bonds. The Balaban J connectivity index is 1.10. The van der Waals surface area contributed by atoms with Gasteiger partial charge in [0.05, 0.1) is 49.9 Å². The van der Waals surface area contributed by atoms with Crippen LogP contribution in [-0.4, -0.2) is 122 Å². The maximum absolute atomic E-state index is 14.5. The van der Waals surface area contributed by atoms with Crippen molar-refractivity contribution in [1.29, 1.82) is 0 Å². The number of benzene rings is 3. The molecule has 16 heteroatoms. The molecule has 14 nitrogen and oxygen atoms in total. The summed E-state index contributed by atoms with van der Waals surface area (Å²) in [5.74, 6) is 0.530. The van der Waals surface area contributed by atoms with Gasteiger partial charge in [0, 0.05) is 67.4 Å². The number of anilines is 2. The van der Waals surface area contributed by atoms with E-state index in [9.17, 15) is 19.2 Å². The van der Waals surface area contributed by atoms with Gasteiger partial charge in [-0.3, -0.25) is 29.0 Å². The van der Waals surface area contributed by atoms with Gasteiger partial charge in [-0.25, -0.2) is 0 Å². The number of hydrogen-bond acceptors (Lipinski definition) is 10. The number of fused-ring (bicyclic) bond motifs is 5. The molecule has 3 aromatic rings. The van der Waals surface area contributed by atoms with Crippen molar-refractivity contribution in [1.82, 2.24) is 9.80 Å². The topological polar surface area (TPSA) is 137 Å².